The number of nitrogens with two attached hydrogens (primary N) is 1. The Morgan fingerprint density at radius 2 is 2.05 bits per heavy atom. The van der Waals surface area contributed by atoms with Crippen molar-refractivity contribution in [3.63, 3.8) is 0 Å². The summed E-state index contributed by atoms with van der Waals surface area (Å²) in [4.78, 5) is 2.50. The van der Waals surface area contributed by atoms with Gasteiger partial charge in [-0.15, -0.1) is 0 Å². The lowest BCUT2D eigenvalue weighted by Gasteiger charge is -2.31. The summed E-state index contributed by atoms with van der Waals surface area (Å²) in [5.41, 5.74) is 7.28. The summed E-state index contributed by atoms with van der Waals surface area (Å²) in [5.74, 6) is 1.86. The van der Waals surface area contributed by atoms with Crippen LogP contribution in [0, 0.1) is 5.92 Å². The van der Waals surface area contributed by atoms with Crippen LogP contribution in [0.15, 0.2) is 24.3 Å². The molecule has 0 heterocycles. The minimum absolute atomic E-state index is 0.272. The molecule has 1 aromatic carbocycles. The highest BCUT2D eigenvalue weighted by Gasteiger charge is 2.28. The molecule has 0 amide bonds. The van der Waals surface area contributed by atoms with Gasteiger partial charge in [0.25, 0.3) is 0 Å². The van der Waals surface area contributed by atoms with E-state index in [9.17, 15) is 0 Å². The van der Waals surface area contributed by atoms with Crippen LogP contribution in [0.4, 0.5) is 0 Å². The van der Waals surface area contributed by atoms with Gasteiger partial charge < -0.3 is 10.5 Å². The average molecular weight is 262 g/mol. The van der Waals surface area contributed by atoms with Gasteiger partial charge in [0.15, 0.2) is 0 Å². The summed E-state index contributed by atoms with van der Waals surface area (Å²) in [5, 5.41) is 0. The summed E-state index contributed by atoms with van der Waals surface area (Å²) in [7, 11) is 0. The number of nitrogens with zero attached hydrogens (tertiary/aromatic N) is 1. The lowest BCUT2D eigenvalue weighted by molar-refractivity contribution is 0.198. The van der Waals surface area contributed by atoms with E-state index in [0.29, 0.717) is 13.2 Å². The highest BCUT2D eigenvalue weighted by Crippen LogP contribution is 2.34. The fourth-order valence-corrected chi connectivity index (χ4v) is 2.62. The first kappa shape index (κ1) is 14.4. The minimum atomic E-state index is 0.272. The molecule has 2 rings (SSSR count). The Balaban J connectivity index is 2.18. The van der Waals surface area contributed by atoms with E-state index in [4.69, 9.17) is 10.5 Å². The normalized spacial score (nSPS) is 16.6. The zero-order valence-electron chi connectivity index (χ0n) is 12.1. The van der Waals surface area contributed by atoms with Crippen molar-refractivity contribution in [2.45, 2.75) is 32.7 Å². The molecule has 1 aliphatic rings. The van der Waals surface area contributed by atoms with Crippen LogP contribution in [0.25, 0.3) is 0 Å². The first-order valence-corrected chi connectivity index (χ1v) is 7.45. The maximum absolute atomic E-state index is 6.05. The summed E-state index contributed by atoms with van der Waals surface area (Å²) in [6.45, 7) is 7.79. The third kappa shape index (κ3) is 3.71. The summed E-state index contributed by atoms with van der Waals surface area (Å²) < 4.78 is 5.75. The third-order valence-corrected chi connectivity index (χ3v) is 3.84. The Bertz CT molecular complexity index is 390. The van der Waals surface area contributed by atoms with Gasteiger partial charge in [-0.1, -0.05) is 25.1 Å². The molecule has 3 nitrogen and oxygen atoms in total. The van der Waals surface area contributed by atoms with Gasteiger partial charge in [0.1, 0.15) is 5.75 Å². The molecule has 0 spiro atoms. The molecule has 0 aromatic heterocycles. The Morgan fingerprint density at radius 3 is 2.63 bits per heavy atom. The molecule has 1 aromatic rings. The molecule has 0 saturated heterocycles. The van der Waals surface area contributed by atoms with E-state index < -0.39 is 0 Å². The van der Waals surface area contributed by atoms with E-state index in [0.717, 1.165) is 18.2 Å². The van der Waals surface area contributed by atoms with E-state index in [1.165, 1.54) is 24.9 Å². The fraction of sp³-hybridized carbons (Fsp3) is 0.625. The van der Waals surface area contributed by atoms with E-state index in [1.807, 2.05) is 19.1 Å². The van der Waals surface area contributed by atoms with E-state index in [2.05, 4.69) is 24.0 Å². The number of likely N-dealkylation sites (N-methyl/N-ethyl adjacent to an activating group) is 1. The summed E-state index contributed by atoms with van der Waals surface area (Å²) in [6.07, 6.45) is 2.75. The van der Waals surface area contributed by atoms with Crippen molar-refractivity contribution >= 4 is 0 Å². The van der Waals surface area contributed by atoms with Gasteiger partial charge in [0, 0.05) is 18.7 Å². The Morgan fingerprint density at radius 1 is 1.32 bits per heavy atom. The Kier molecular flexibility index (Phi) is 5.23. The molecule has 2 N–H and O–H groups in total. The van der Waals surface area contributed by atoms with Crippen LogP contribution in [-0.4, -0.2) is 31.1 Å². The average Bonchev–Trinajstić information content (AvgIpc) is 3.24. The second kappa shape index (κ2) is 6.92. The second-order valence-electron chi connectivity index (χ2n) is 5.25. The van der Waals surface area contributed by atoms with Crippen LogP contribution < -0.4 is 10.5 Å². The molecule has 106 valence electrons. The first-order valence-electron chi connectivity index (χ1n) is 7.45. The molecule has 0 bridgehead atoms. The number of ether oxygens (including phenoxy) is 1. The smallest absolute Gasteiger partial charge is 0.124 e. The van der Waals surface area contributed by atoms with Crippen LogP contribution in [0.2, 0.25) is 0 Å². The standard InChI is InChI=1S/C16H26N2O/c1-3-18(12-13-9-10-13)15(11-17)14-7-5-6-8-16(14)19-4-2/h5-8,13,15H,3-4,9-12,17H2,1-2H3. The molecule has 1 aliphatic carbocycles. The van der Waals surface area contributed by atoms with Crippen molar-refractivity contribution in [2.24, 2.45) is 11.7 Å². The van der Waals surface area contributed by atoms with Gasteiger partial charge in [-0.25, -0.2) is 0 Å². The predicted molar refractivity (Wildman–Crippen MR) is 79.4 cm³/mol. The molecule has 19 heavy (non-hydrogen) atoms. The Labute approximate surface area is 116 Å². The highest BCUT2D eigenvalue weighted by molar-refractivity contribution is 5.36. The second-order valence-corrected chi connectivity index (χ2v) is 5.25. The largest absolute Gasteiger partial charge is 0.494 e. The molecule has 1 saturated carbocycles. The quantitative estimate of drug-likeness (QED) is 0.783. The van der Waals surface area contributed by atoms with Crippen LogP contribution in [0.1, 0.15) is 38.3 Å². The number of rotatable bonds is 8. The molecule has 0 aliphatic heterocycles. The zero-order valence-corrected chi connectivity index (χ0v) is 12.1. The topological polar surface area (TPSA) is 38.5 Å². The SMILES string of the molecule is CCOc1ccccc1C(CN)N(CC)CC1CC1. The van der Waals surface area contributed by atoms with Crippen molar-refractivity contribution in [3.8, 4) is 5.75 Å². The van der Waals surface area contributed by atoms with Crippen LogP contribution in [0.5, 0.6) is 5.75 Å². The number of hydrogen-bond donors (Lipinski definition) is 1. The van der Waals surface area contributed by atoms with Crippen LogP contribution in [-0.2, 0) is 0 Å². The van der Waals surface area contributed by atoms with E-state index >= 15 is 0 Å². The highest BCUT2D eigenvalue weighted by atomic mass is 16.5. The van der Waals surface area contributed by atoms with Gasteiger partial charge in [-0.05, 0) is 38.3 Å². The molecule has 0 radical (unpaired) electrons. The van der Waals surface area contributed by atoms with Gasteiger partial charge in [-0.3, -0.25) is 4.90 Å². The lowest BCUT2D eigenvalue weighted by atomic mass is 10.0. The lowest BCUT2D eigenvalue weighted by Crippen LogP contribution is -2.35. The van der Waals surface area contributed by atoms with Crippen LogP contribution in [0.3, 0.4) is 0 Å². The monoisotopic (exact) mass is 262 g/mol. The number of benzene rings is 1. The molecular formula is C16H26N2O. The zero-order chi connectivity index (χ0) is 13.7. The summed E-state index contributed by atoms with van der Waals surface area (Å²) in [6, 6.07) is 8.57. The minimum Gasteiger partial charge on any atom is -0.494 e. The van der Waals surface area contributed by atoms with Gasteiger partial charge in [0.05, 0.1) is 12.6 Å². The third-order valence-electron chi connectivity index (χ3n) is 3.84. The maximum Gasteiger partial charge on any atom is 0.124 e. The Hall–Kier alpha value is -1.06. The van der Waals surface area contributed by atoms with E-state index in [-0.39, 0.29) is 6.04 Å². The molecular weight excluding hydrogens is 236 g/mol. The fourth-order valence-electron chi connectivity index (χ4n) is 2.62. The number of hydrogen-bond acceptors (Lipinski definition) is 3. The van der Waals surface area contributed by atoms with E-state index in [1.54, 1.807) is 0 Å². The molecule has 1 atom stereocenters. The van der Waals surface area contributed by atoms with Crippen molar-refractivity contribution in [3.05, 3.63) is 29.8 Å². The van der Waals surface area contributed by atoms with Gasteiger partial charge in [-0.2, -0.15) is 0 Å². The van der Waals surface area contributed by atoms with Crippen LogP contribution >= 0.6 is 0 Å². The predicted octanol–water partition coefficient (Wildman–Crippen LogP) is 2.82. The van der Waals surface area contributed by atoms with Gasteiger partial charge in [0.2, 0.25) is 0 Å². The van der Waals surface area contributed by atoms with Crippen molar-refractivity contribution < 1.29 is 4.74 Å². The molecule has 1 unspecified atom stereocenters. The first-order chi connectivity index (χ1) is 9.30. The summed E-state index contributed by atoms with van der Waals surface area (Å²) >= 11 is 0. The number of para-hydroxylation sites is 1. The van der Waals surface area contributed by atoms with Crippen molar-refractivity contribution in [1.29, 1.82) is 0 Å². The molecule has 3 heteroatoms. The maximum atomic E-state index is 6.05. The van der Waals surface area contributed by atoms with Crippen molar-refractivity contribution in [1.82, 2.24) is 4.90 Å². The van der Waals surface area contributed by atoms with Gasteiger partial charge >= 0.3 is 0 Å². The van der Waals surface area contributed by atoms with Crippen molar-refractivity contribution in [2.75, 3.05) is 26.2 Å². The molecule has 1 fully saturated rings.